The van der Waals surface area contributed by atoms with Gasteiger partial charge in [0.2, 0.25) is 0 Å². The van der Waals surface area contributed by atoms with Crippen molar-refractivity contribution in [3.63, 3.8) is 0 Å². The summed E-state index contributed by atoms with van der Waals surface area (Å²) in [6, 6.07) is 8.09. The third-order valence-electron chi connectivity index (χ3n) is 2.48. The van der Waals surface area contributed by atoms with Crippen molar-refractivity contribution in [2.24, 2.45) is 0 Å². The Morgan fingerprint density at radius 3 is 2.94 bits per heavy atom. The summed E-state index contributed by atoms with van der Waals surface area (Å²) in [6.45, 7) is 2.09. The lowest BCUT2D eigenvalue weighted by atomic mass is 10.3. The van der Waals surface area contributed by atoms with E-state index in [1.165, 1.54) is 0 Å². The van der Waals surface area contributed by atoms with Crippen molar-refractivity contribution < 1.29 is 9.47 Å². The SMILES string of the molecule is COCCOCCSCc1nc2ccccc2[nH]1. The molecule has 1 heterocycles. The van der Waals surface area contributed by atoms with Gasteiger partial charge in [0.15, 0.2) is 0 Å². The molecule has 18 heavy (non-hydrogen) atoms. The molecule has 0 spiro atoms. The number of benzene rings is 1. The summed E-state index contributed by atoms with van der Waals surface area (Å²) in [5, 5.41) is 0. The van der Waals surface area contributed by atoms with E-state index in [1.54, 1.807) is 7.11 Å². The number of nitrogens with zero attached hydrogens (tertiary/aromatic N) is 1. The number of methoxy groups -OCH3 is 1. The predicted molar refractivity (Wildman–Crippen MR) is 75.0 cm³/mol. The van der Waals surface area contributed by atoms with Gasteiger partial charge in [-0.15, -0.1) is 0 Å². The van der Waals surface area contributed by atoms with Crippen molar-refractivity contribution in [3.8, 4) is 0 Å². The van der Waals surface area contributed by atoms with Gasteiger partial charge < -0.3 is 14.5 Å². The standard InChI is InChI=1S/C13H18N2O2S/c1-16-6-7-17-8-9-18-10-13-14-11-4-2-3-5-12(11)15-13/h2-5H,6-10H2,1H3,(H,14,15). The molecule has 98 valence electrons. The largest absolute Gasteiger partial charge is 0.382 e. The van der Waals surface area contributed by atoms with Gasteiger partial charge in [-0.25, -0.2) is 4.98 Å². The first-order chi connectivity index (χ1) is 8.90. The molecule has 0 unspecified atom stereocenters. The van der Waals surface area contributed by atoms with Crippen LogP contribution in [0.3, 0.4) is 0 Å². The second-order valence-corrected chi connectivity index (χ2v) is 4.96. The number of aromatic amines is 1. The Bertz CT molecular complexity index is 440. The van der Waals surface area contributed by atoms with Crippen molar-refractivity contribution in [1.82, 2.24) is 9.97 Å². The number of imidazole rings is 1. The summed E-state index contributed by atoms with van der Waals surface area (Å²) >= 11 is 1.82. The van der Waals surface area contributed by atoms with Crippen molar-refractivity contribution in [2.45, 2.75) is 5.75 Å². The van der Waals surface area contributed by atoms with Crippen LogP contribution in [0.5, 0.6) is 0 Å². The number of fused-ring (bicyclic) bond motifs is 1. The zero-order chi connectivity index (χ0) is 12.6. The van der Waals surface area contributed by atoms with Crippen molar-refractivity contribution in [3.05, 3.63) is 30.1 Å². The molecule has 2 rings (SSSR count). The molecule has 0 aliphatic carbocycles. The van der Waals surface area contributed by atoms with Gasteiger partial charge in [-0.1, -0.05) is 12.1 Å². The molecule has 5 heteroatoms. The highest BCUT2D eigenvalue weighted by Gasteiger charge is 2.01. The summed E-state index contributed by atoms with van der Waals surface area (Å²) in [5.41, 5.74) is 2.13. The van der Waals surface area contributed by atoms with E-state index in [0.717, 1.165) is 35.0 Å². The van der Waals surface area contributed by atoms with Gasteiger partial charge in [0.05, 0.1) is 36.6 Å². The highest BCUT2D eigenvalue weighted by molar-refractivity contribution is 7.98. The van der Waals surface area contributed by atoms with Crippen LogP contribution in [0.15, 0.2) is 24.3 Å². The van der Waals surface area contributed by atoms with Gasteiger partial charge in [-0.2, -0.15) is 11.8 Å². The van der Waals surface area contributed by atoms with Gasteiger partial charge >= 0.3 is 0 Å². The van der Waals surface area contributed by atoms with E-state index in [9.17, 15) is 0 Å². The van der Waals surface area contributed by atoms with E-state index in [1.807, 2.05) is 36.0 Å². The molecular formula is C13H18N2O2S. The number of rotatable bonds is 8. The molecule has 1 aromatic carbocycles. The molecule has 4 nitrogen and oxygen atoms in total. The third kappa shape index (κ3) is 4.01. The molecule has 0 fully saturated rings. The molecule has 0 bridgehead atoms. The highest BCUT2D eigenvalue weighted by Crippen LogP contribution is 2.14. The number of H-pyrrole nitrogens is 1. The molecule has 0 atom stereocenters. The van der Waals surface area contributed by atoms with Crippen molar-refractivity contribution in [1.29, 1.82) is 0 Å². The van der Waals surface area contributed by atoms with Crippen LogP contribution in [-0.4, -0.2) is 42.7 Å². The van der Waals surface area contributed by atoms with Gasteiger partial charge in [0.25, 0.3) is 0 Å². The maximum atomic E-state index is 5.39. The predicted octanol–water partition coefficient (Wildman–Crippen LogP) is 2.46. The van der Waals surface area contributed by atoms with E-state index in [-0.39, 0.29) is 0 Å². The Kier molecular flexibility index (Phi) is 5.51. The van der Waals surface area contributed by atoms with Crippen molar-refractivity contribution in [2.75, 3.05) is 32.7 Å². The molecule has 0 saturated heterocycles. The minimum Gasteiger partial charge on any atom is -0.382 e. The monoisotopic (exact) mass is 266 g/mol. The second kappa shape index (κ2) is 7.41. The van der Waals surface area contributed by atoms with E-state index < -0.39 is 0 Å². The molecule has 0 aliphatic rings. The van der Waals surface area contributed by atoms with Crippen LogP contribution in [0.4, 0.5) is 0 Å². The Morgan fingerprint density at radius 2 is 2.11 bits per heavy atom. The average molecular weight is 266 g/mol. The fourth-order valence-electron chi connectivity index (χ4n) is 1.61. The Morgan fingerprint density at radius 1 is 1.22 bits per heavy atom. The smallest absolute Gasteiger partial charge is 0.117 e. The zero-order valence-electron chi connectivity index (χ0n) is 10.5. The van der Waals surface area contributed by atoms with Crippen LogP contribution in [0.2, 0.25) is 0 Å². The Hall–Kier alpha value is -1.04. The minimum absolute atomic E-state index is 0.661. The van der Waals surface area contributed by atoms with Crippen LogP contribution >= 0.6 is 11.8 Å². The zero-order valence-corrected chi connectivity index (χ0v) is 11.3. The lowest BCUT2D eigenvalue weighted by Gasteiger charge is -2.02. The number of hydrogen-bond acceptors (Lipinski definition) is 4. The highest BCUT2D eigenvalue weighted by atomic mass is 32.2. The molecule has 2 aromatic rings. The fraction of sp³-hybridized carbons (Fsp3) is 0.462. The van der Waals surface area contributed by atoms with Gasteiger partial charge in [-0.05, 0) is 12.1 Å². The topological polar surface area (TPSA) is 47.1 Å². The summed E-state index contributed by atoms with van der Waals surface area (Å²) in [6.07, 6.45) is 0. The molecule has 0 saturated carbocycles. The van der Waals surface area contributed by atoms with E-state index in [0.29, 0.717) is 13.2 Å². The van der Waals surface area contributed by atoms with Crippen LogP contribution < -0.4 is 0 Å². The molecule has 0 aliphatic heterocycles. The summed E-state index contributed by atoms with van der Waals surface area (Å²) in [7, 11) is 1.68. The Labute approximate surface area is 111 Å². The first-order valence-electron chi connectivity index (χ1n) is 5.98. The molecule has 0 radical (unpaired) electrons. The number of para-hydroxylation sites is 2. The quantitative estimate of drug-likeness (QED) is 0.746. The number of hydrogen-bond donors (Lipinski definition) is 1. The lowest BCUT2D eigenvalue weighted by molar-refractivity contribution is 0.0790. The molecular weight excluding hydrogens is 248 g/mol. The number of thioether (sulfide) groups is 1. The fourth-order valence-corrected chi connectivity index (χ4v) is 2.32. The van der Waals surface area contributed by atoms with Crippen molar-refractivity contribution >= 4 is 22.8 Å². The second-order valence-electron chi connectivity index (χ2n) is 3.86. The van der Waals surface area contributed by atoms with Crippen LogP contribution in [0.1, 0.15) is 5.82 Å². The summed E-state index contributed by atoms with van der Waals surface area (Å²) in [4.78, 5) is 7.84. The lowest BCUT2D eigenvalue weighted by Crippen LogP contribution is -2.04. The normalized spacial score (nSPS) is 11.2. The molecule has 1 aromatic heterocycles. The number of ether oxygens (including phenoxy) is 2. The van der Waals surface area contributed by atoms with Crippen LogP contribution in [0.25, 0.3) is 11.0 Å². The van der Waals surface area contributed by atoms with Gasteiger partial charge in [-0.3, -0.25) is 0 Å². The first kappa shape index (κ1) is 13.4. The maximum Gasteiger partial charge on any atom is 0.117 e. The van der Waals surface area contributed by atoms with E-state index in [2.05, 4.69) is 9.97 Å². The third-order valence-corrected chi connectivity index (χ3v) is 3.41. The van der Waals surface area contributed by atoms with Gasteiger partial charge in [0, 0.05) is 12.9 Å². The number of nitrogens with one attached hydrogen (secondary N) is 1. The van der Waals surface area contributed by atoms with E-state index >= 15 is 0 Å². The average Bonchev–Trinajstić information content (AvgIpc) is 2.80. The number of aromatic nitrogens is 2. The maximum absolute atomic E-state index is 5.39. The van der Waals surface area contributed by atoms with E-state index in [4.69, 9.17) is 9.47 Å². The summed E-state index contributed by atoms with van der Waals surface area (Å²) < 4.78 is 10.3. The van der Waals surface area contributed by atoms with Gasteiger partial charge in [0.1, 0.15) is 5.82 Å². The first-order valence-corrected chi connectivity index (χ1v) is 7.13. The molecule has 0 amide bonds. The molecule has 1 N–H and O–H groups in total. The van der Waals surface area contributed by atoms with Crippen LogP contribution in [-0.2, 0) is 15.2 Å². The summed E-state index contributed by atoms with van der Waals surface area (Å²) in [5.74, 6) is 2.89. The minimum atomic E-state index is 0.661. The van der Waals surface area contributed by atoms with Crippen LogP contribution in [0, 0.1) is 0 Å². The Balaban J connectivity index is 1.67.